The van der Waals surface area contributed by atoms with Gasteiger partial charge in [-0.1, -0.05) is 41.9 Å². The average Bonchev–Trinajstić information content (AvgIpc) is 3.21. The van der Waals surface area contributed by atoms with Crippen molar-refractivity contribution in [2.45, 2.75) is 0 Å². The molecule has 0 N–H and O–H groups in total. The second kappa shape index (κ2) is 8.13. The topological polar surface area (TPSA) is 54.3 Å². The van der Waals surface area contributed by atoms with Gasteiger partial charge in [-0.05, 0) is 36.9 Å². The lowest BCUT2D eigenvalue weighted by molar-refractivity contribution is 0.0664. The molecule has 0 aliphatic carbocycles. The summed E-state index contributed by atoms with van der Waals surface area (Å²) in [6, 6.07) is 17.7. The number of aromatic nitrogens is 3. The zero-order chi connectivity index (χ0) is 21.4. The third kappa shape index (κ3) is 3.69. The maximum Gasteiger partial charge on any atom is 0.253 e. The third-order valence-electron chi connectivity index (χ3n) is 5.80. The van der Waals surface area contributed by atoms with Crippen molar-refractivity contribution in [3.8, 4) is 16.8 Å². The number of nitrogens with zero attached hydrogens (tertiary/aromatic N) is 5. The summed E-state index contributed by atoms with van der Waals surface area (Å²) < 4.78 is 2.01. The van der Waals surface area contributed by atoms with Crippen LogP contribution in [0.1, 0.15) is 10.4 Å². The molecule has 31 heavy (non-hydrogen) atoms. The number of fused-ring (bicyclic) bond motifs is 1. The highest BCUT2D eigenvalue weighted by atomic mass is 35.5. The van der Waals surface area contributed by atoms with Crippen LogP contribution in [0.25, 0.3) is 27.8 Å². The van der Waals surface area contributed by atoms with Gasteiger partial charge in [-0.2, -0.15) is 0 Å². The van der Waals surface area contributed by atoms with Gasteiger partial charge >= 0.3 is 0 Å². The zero-order valence-corrected chi connectivity index (χ0v) is 18.0. The summed E-state index contributed by atoms with van der Waals surface area (Å²) in [7, 11) is 2.08. The van der Waals surface area contributed by atoms with Crippen molar-refractivity contribution in [2.75, 3.05) is 33.2 Å². The van der Waals surface area contributed by atoms with Crippen LogP contribution < -0.4 is 0 Å². The van der Waals surface area contributed by atoms with Crippen molar-refractivity contribution in [3.63, 3.8) is 0 Å². The van der Waals surface area contributed by atoms with Gasteiger partial charge in [-0.15, -0.1) is 0 Å². The van der Waals surface area contributed by atoms with Crippen LogP contribution in [0.5, 0.6) is 0 Å². The monoisotopic (exact) mass is 431 g/mol. The first-order valence-corrected chi connectivity index (χ1v) is 10.6. The first-order valence-electron chi connectivity index (χ1n) is 10.3. The number of carbonyl (C=O) groups excluding carboxylic acids is 1. The lowest BCUT2D eigenvalue weighted by atomic mass is 10.0. The van der Waals surface area contributed by atoms with E-state index in [1.54, 1.807) is 0 Å². The Morgan fingerprint density at radius 2 is 1.65 bits per heavy atom. The molecule has 0 unspecified atom stereocenters. The maximum absolute atomic E-state index is 12.9. The number of likely N-dealkylation sites (N-methyl/N-ethyl adjacent to an activating group) is 1. The predicted octanol–water partition coefficient (Wildman–Crippen LogP) is 4.13. The van der Waals surface area contributed by atoms with Gasteiger partial charge in [0.25, 0.3) is 5.91 Å². The van der Waals surface area contributed by atoms with Gasteiger partial charge in [0.1, 0.15) is 17.4 Å². The van der Waals surface area contributed by atoms with E-state index < -0.39 is 0 Å². The molecule has 0 atom stereocenters. The SMILES string of the molecule is CN1CCN(C(=O)c2ccc(-c3cn(-c4ccccc4)c4c(Cl)ncnc34)cc2)CC1. The molecular weight excluding hydrogens is 410 g/mol. The number of para-hydroxylation sites is 1. The molecule has 1 aliphatic heterocycles. The Kier molecular flexibility index (Phi) is 5.18. The molecule has 1 aliphatic rings. The summed E-state index contributed by atoms with van der Waals surface area (Å²) in [5.74, 6) is 0.0803. The van der Waals surface area contributed by atoms with E-state index in [4.69, 9.17) is 11.6 Å². The smallest absolute Gasteiger partial charge is 0.253 e. The Hall–Kier alpha value is -3.22. The lowest BCUT2D eigenvalue weighted by Crippen LogP contribution is -2.47. The van der Waals surface area contributed by atoms with Crippen molar-refractivity contribution >= 4 is 28.5 Å². The number of carbonyl (C=O) groups is 1. The lowest BCUT2D eigenvalue weighted by Gasteiger charge is -2.32. The van der Waals surface area contributed by atoms with E-state index in [9.17, 15) is 4.79 Å². The molecule has 6 nitrogen and oxygen atoms in total. The number of hydrogen-bond donors (Lipinski definition) is 0. The molecule has 2 aromatic heterocycles. The van der Waals surface area contributed by atoms with Gasteiger partial charge in [-0.25, -0.2) is 9.97 Å². The minimum atomic E-state index is 0.0803. The summed E-state index contributed by atoms with van der Waals surface area (Å²) >= 11 is 6.45. The summed E-state index contributed by atoms with van der Waals surface area (Å²) in [5, 5.41) is 0.405. The van der Waals surface area contributed by atoms with Gasteiger partial charge in [0.15, 0.2) is 5.15 Å². The average molecular weight is 432 g/mol. The van der Waals surface area contributed by atoms with E-state index in [0.717, 1.165) is 54.0 Å². The normalized spacial score (nSPS) is 14.8. The minimum Gasteiger partial charge on any atom is -0.336 e. The van der Waals surface area contributed by atoms with E-state index in [1.165, 1.54) is 6.33 Å². The Morgan fingerprint density at radius 1 is 0.935 bits per heavy atom. The number of hydrogen-bond acceptors (Lipinski definition) is 4. The van der Waals surface area contributed by atoms with Gasteiger partial charge in [-0.3, -0.25) is 4.79 Å². The predicted molar refractivity (Wildman–Crippen MR) is 123 cm³/mol. The molecule has 156 valence electrons. The Bertz CT molecular complexity index is 1230. The second-order valence-electron chi connectivity index (χ2n) is 7.78. The molecule has 5 rings (SSSR count). The fourth-order valence-corrected chi connectivity index (χ4v) is 4.23. The summed E-state index contributed by atoms with van der Waals surface area (Å²) in [4.78, 5) is 25.7. The number of benzene rings is 2. The van der Waals surface area contributed by atoms with Crippen molar-refractivity contribution in [3.05, 3.63) is 77.8 Å². The molecule has 1 saturated heterocycles. The van der Waals surface area contributed by atoms with Gasteiger partial charge in [0.05, 0.1) is 0 Å². The number of rotatable bonds is 3. The zero-order valence-electron chi connectivity index (χ0n) is 17.2. The van der Waals surface area contributed by atoms with Crippen LogP contribution in [-0.4, -0.2) is 63.5 Å². The number of halogens is 1. The first kappa shape index (κ1) is 19.7. The van der Waals surface area contributed by atoms with Gasteiger partial charge in [0.2, 0.25) is 0 Å². The molecule has 3 heterocycles. The Morgan fingerprint density at radius 3 is 2.35 bits per heavy atom. The second-order valence-corrected chi connectivity index (χ2v) is 8.14. The number of amides is 1. The van der Waals surface area contributed by atoms with E-state index in [-0.39, 0.29) is 5.91 Å². The third-order valence-corrected chi connectivity index (χ3v) is 6.08. The van der Waals surface area contributed by atoms with Crippen LogP contribution >= 0.6 is 11.6 Å². The fraction of sp³-hybridized carbons (Fsp3) is 0.208. The standard InChI is InChI=1S/C24H22ClN5O/c1-28-11-13-29(14-12-28)24(31)18-9-7-17(8-10-18)20-15-30(19-5-3-2-4-6-19)22-21(20)26-16-27-23(22)25/h2-10,15-16H,11-14H2,1H3. The Balaban J connectivity index is 1.52. The van der Waals surface area contributed by atoms with Crippen LogP contribution in [0, 0.1) is 0 Å². The van der Waals surface area contributed by atoms with Crippen molar-refractivity contribution in [2.24, 2.45) is 0 Å². The first-order chi connectivity index (χ1) is 15.1. The van der Waals surface area contributed by atoms with Crippen LogP contribution in [0.15, 0.2) is 67.1 Å². The van der Waals surface area contributed by atoms with Crippen molar-refractivity contribution in [1.82, 2.24) is 24.3 Å². The highest BCUT2D eigenvalue weighted by Gasteiger charge is 2.21. The van der Waals surface area contributed by atoms with Crippen LogP contribution in [0.3, 0.4) is 0 Å². The highest BCUT2D eigenvalue weighted by Crippen LogP contribution is 2.34. The van der Waals surface area contributed by atoms with Crippen molar-refractivity contribution in [1.29, 1.82) is 0 Å². The summed E-state index contributed by atoms with van der Waals surface area (Å²) in [5.41, 5.74) is 5.15. The van der Waals surface area contributed by atoms with Crippen LogP contribution in [0.2, 0.25) is 5.15 Å². The molecule has 0 saturated carbocycles. The molecule has 1 amide bonds. The van der Waals surface area contributed by atoms with Gasteiger partial charge in [0, 0.05) is 49.2 Å². The maximum atomic E-state index is 12.9. The molecule has 0 spiro atoms. The molecule has 7 heteroatoms. The molecular formula is C24H22ClN5O. The van der Waals surface area contributed by atoms with E-state index in [1.807, 2.05) is 70.3 Å². The van der Waals surface area contributed by atoms with E-state index >= 15 is 0 Å². The molecule has 1 fully saturated rings. The molecule has 4 aromatic rings. The quantitative estimate of drug-likeness (QED) is 0.458. The van der Waals surface area contributed by atoms with Crippen molar-refractivity contribution < 1.29 is 4.79 Å². The van der Waals surface area contributed by atoms with E-state index in [0.29, 0.717) is 10.7 Å². The van der Waals surface area contributed by atoms with E-state index in [2.05, 4.69) is 21.9 Å². The van der Waals surface area contributed by atoms with Crippen LogP contribution in [0.4, 0.5) is 0 Å². The molecule has 2 aromatic carbocycles. The fourth-order valence-electron chi connectivity index (χ4n) is 4.01. The molecule has 0 radical (unpaired) electrons. The summed E-state index contributed by atoms with van der Waals surface area (Å²) in [6.07, 6.45) is 3.51. The Labute approximate surface area is 185 Å². The largest absolute Gasteiger partial charge is 0.336 e. The molecule has 0 bridgehead atoms. The van der Waals surface area contributed by atoms with Gasteiger partial charge < -0.3 is 14.4 Å². The highest BCUT2D eigenvalue weighted by molar-refractivity contribution is 6.34. The summed E-state index contributed by atoms with van der Waals surface area (Å²) in [6.45, 7) is 3.33. The minimum absolute atomic E-state index is 0.0803. The number of piperazine rings is 1. The van der Waals surface area contributed by atoms with Crippen LogP contribution in [-0.2, 0) is 0 Å².